The summed E-state index contributed by atoms with van der Waals surface area (Å²) in [6.45, 7) is 2.39. The molecule has 0 radical (unpaired) electrons. The fourth-order valence-electron chi connectivity index (χ4n) is 0.901. The summed E-state index contributed by atoms with van der Waals surface area (Å²) in [6.07, 6.45) is 1.42. The minimum absolute atomic E-state index is 0.0935. The lowest BCUT2D eigenvalue weighted by Crippen LogP contribution is -2.03. The summed E-state index contributed by atoms with van der Waals surface area (Å²) in [5.41, 5.74) is -0.175. The van der Waals surface area contributed by atoms with E-state index in [1.54, 1.807) is 0 Å². The van der Waals surface area contributed by atoms with Gasteiger partial charge in [-0.2, -0.15) is 0 Å². The van der Waals surface area contributed by atoms with Crippen molar-refractivity contribution in [1.29, 1.82) is 0 Å². The minimum Gasteiger partial charge on any atom is -0.365 e. The van der Waals surface area contributed by atoms with Crippen molar-refractivity contribution in [2.24, 2.45) is 0 Å². The molecular formula is C7H8ClN3O2. The monoisotopic (exact) mass is 201 g/mol. The van der Waals surface area contributed by atoms with Crippen molar-refractivity contribution < 1.29 is 4.92 Å². The molecule has 0 bridgehead atoms. The number of rotatable bonds is 3. The number of aromatic nitrogens is 1. The van der Waals surface area contributed by atoms with Crippen LogP contribution in [0.15, 0.2) is 12.3 Å². The SMILES string of the molecule is CCNc1nccc(Cl)c1[N+](=O)[O-]. The summed E-state index contributed by atoms with van der Waals surface area (Å²) in [6, 6.07) is 1.39. The Balaban J connectivity index is 3.17. The Bertz CT molecular complexity index is 330. The number of hydrogen-bond donors (Lipinski definition) is 1. The fraction of sp³-hybridized carbons (Fsp3) is 0.286. The molecule has 0 unspecified atom stereocenters. The van der Waals surface area contributed by atoms with Gasteiger partial charge in [-0.15, -0.1) is 0 Å². The van der Waals surface area contributed by atoms with Gasteiger partial charge in [0.2, 0.25) is 5.82 Å². The number of nitrogens with zero attached hydrogens (tertiary/aromatic N) is 2. The van der Waals surface area contributed by atoms with Crippen molar-refractivity contribution in [3.8, 4) is 0 Å². The van der Waals surface area contributed by atoms with Gasteiger partial charge in [-0.25, -0.2) is 4.98 Å². The highest BCUT2D eigenvalue weighted by atomic mass is 35.5. The van der Waals surface area contributed by atoms with Gasteiger partial charge in [0, 0.05) is 12.7 Å². The quantitative estimate of drug-likeness (QED) is 0.601. The van der Waals surface area contributed by atoms with Gasteiger partial charge in [0.1, 0.15) is 5.02 Å². The van der Waals surface area contributed by atoms with Crippen LogP contribution < -0.4 is 5.32 Å². The first kappa shape index (κ1) is 9.73. The second-order valence-electron chi connectivity index (χ2n) is 2.28. The molecule has 0 aliphatic heterocycles. The number of nitrogens with one attached hydrogen (secondary N) is 1. The van der Waals surface area contributed by atoms with Gasteiger partial charge in [-0.3, -0.25) is 10.1 Å². The Kier molecular flexibility index (Phi) is 3.02. The van der Waals surface area contributed by atoms with Gasteiger partial charge in [-0.05, 0) is 13.0 Å². The number of anilines is 1. The number of nitro groups is 1. The van der Waals surface area contributed by atoms with Crippen LogP contribution in [0.4, 0.5) is 11.5 Å². The molecule has 70 valence electrons. The average molecular weight is 202 g/mol. The van der Waals surface area contributed by atoms with E-state index >= 15 is 0 Å². The molecular weight excluding hydrogens is 194 g/mol. The van der Waals surface area contributed by atoms with E-state index < -0.39 is 4.92 Å². The van der Waals surface area contributed by atoms with Crippen LogP contribution in [0.5, 0.6) is 0 Å². The van der Waals surface area contributed by atoms with Gasteiger partial charge in [0.25, 0.3) is 0 Å². The Morgan fingerprint density at radius 3 is 3.00 bits per heavy atom. The third-order valence-corrected chi connectivity index (χ3v) is 1.71. The van der Waals surface area contributed by atoms with Crippen molar-refractivity contribution in [3.05, 3.63) is 27.4 Å². The summed E-state index contributed by atoms with van der Waals surface area (Å²) in [4.78, 5) is 13.8. The molecule has 0 fully saturated rings. The van der Waals surface area contributed by atoms with Crippen LogP contribution in [-0.4, -0.2) is 16.5 Å². The van der Waals surface area contributed by atoms with Crippen LogP contribution in [0.3, 0.4) is 0 Å². The van der Waals surface area contributed by atoms with Crippen molar-refractivity contribution >= 4 is 23.1 Å². The highest BCUT2D eigenvalue weighted by molar-refractivity contribution is 6.33. The van der Waals surface area contributed by atoms with Gasteiger partial charge >= 0.3 is 5.69 Å². The van der Waals surface area contributed by atoms with Crippen LogP contribution in [-0.2, 0) is 0 Å². The molecule has 0 saturated carbocycles. The lowest BCUT2D eigenvalue weighted by Gasteiger charge is -2.03. The maximum Gasteiger partial charge on any atom is 0.329 e. The second-order valence-corrected chi connectivity index (χ2v) is 2.68. The highest BCUT2D eigenvalue weighted by Crippen LogP contribution is 2.29. The van der Waals surface area contributed by atoms with E-state index in [1.807, 2.05) is 6.92 Å². The average Bonchev–Trinajstić information content (AvgIpc) is 2.04. The number of pyridine rings is 1. The summed E-state index contributed by atoms with van der Waals surface area (Å²) < 4.78 is 0. The maximum atomic E-state index is 10.6. The number of hydrogen-bond acceptors (Lipinski definition) is 4. The Morgan fingerprint density at radius 2 is 2.46 bits per heavy atom. The first-order chi connectivity index (χ1) is 6.16. The molecule has 0 atom stereocenters. The van der Waals surface area contributed by atoms with E-state index in [2.05, 4.69) is 10.3 Å². The zero-order chi connectivity index (χ0) is 9.84. The molecule has 1 aromatic heterocycles. The van der Waals surface area contributed by atoms with Crippen molar-refractivity contribution in [3.63, 3.8) is 0 Å². The summed E-state index contributed by atoms with van der Waals surface area (Å²) in [5, 5.41) is 13.4. The van der Waals surface area contributed by atoms with Gasteiger partial charge < -0.3 is 5.32 Å². The van der Waals surface area contributed by atoms with Gasteiger partial charge in [0.05, 0.1) is 4.92 Å². The molecule has 0 aliphatic carbocycles. The standard InChI is InChI=1S/C7H8ClN3O2/c1-2-9-7-6(11(12)13)5(8)3-4-10-7/h3-4H,2H2,1H3,(H,9,10). The molecule has 0 saturated heterocycles. The second kappa shape index (κ2) is 4.04. The van der Waals surface area contributed by atoms with Crippen LogP contribution >= 0.6 is 11.6 Å². The van der Waals surface area contributed by atoms with Crippen molar-refractivity contribution in [2.45, 2.75) is 6.92 Å². The molecule has 1 N–H and O–H groups in total. The molecule has 1 rings (SSSR count). The summed E-state index contributed by atoms with van der Waals surface area (Å²) in [7, 11) is 0. The molecule has 0 amide bonds. The van der Waals surface area contributed by atoms with Crippen LogP contribution in [0.25, 0.3) is 0 Å². The van der Waals surface area contributed by atoms with Crippen LogP contribution in [0.2, 0.25) is 5.02 Å². The largest absolute Gasteiger partial charge is 0.365 e. The zero-order valence-corrected chi connectivity index (χ0v) is 7.71. The van der Waals surface area contributed by atoms with Crippen molar-refractivity contribution in [1.82, 2.24) is 4.98 Å². The minimum atomic E-state index is -0.548. The van der Waals surface area contributed by atoms with Crippen LogP contribution in [0.1, 0.15) is 6.92 Å². The third-order valence-electron chi connectivity index (χ3n) is 1.40. The van der Waals surface area contributed by atoms with E-state index in [0.717, 1.165) is 0 Å². The molecule has 0 aliphatic rings. The Hall–Kier alpha value is -1.36. The van der Waals surface area contributed by atoms with Gasteiger partial charge in [-0.1, -0.05) is 11.6 Å². The molecule has 6 heteroatoms. The summed E-state index contributed by atoms with van der Waals surface area (Å²) in [5.74, 6) is 0.208. The Labute approximate surface area is 79.9 Å². The predicted octanol–water partition coefficient (Wildman–Crippen LogP) is 2.07. The lowest BCUT2D eigenvalue weighted by atomic mass is 10.4. The molecule has 0 aromatic carbocycles. The fourth-order valence-corrected chi connectivity index (χ4v) is 1.12. The Morgan fingerprint density at radius 1 is 1.77 bits per heavy atom. The molecule has 13 heavy (non-hydrogen) atoms. The van der Waals surface area contributed by atoms with E-state index in [9.17, 15) is 10.1 Å². The molecule has 0 spiro atoms. The maximum absolute atomic E-state index is 10.6. The van der Waals surface area contributed by atoms with Crippen LogP contribution in [0, 0.1) is 10.1 Å². The summed E-state index contributed by atoms with van der Waals surface area (Å²) >= 11 is 5.64. The lowest BCUT2D eigenvalue weighted by molar-refractivity contribution is -0.384. The molecule has 5 nitrogen and oxygen atoms in total. The predicted molar refractivity (Wildman–Crippen MR) is 50.1 cm³/mol. The smallest absolute Gasteiger partial charge is 0.329 e. The topological polar surface area (TPSA) is 68.1 Å². The third kappa shape index (κ3) is 2.06. The van der Waals surface area contributed by atoms with E-state index in [4.69, 9.17) is 11.6 Å². The van der Waals surface area contributed by atoms with E-state index in [0.29, 0.717) is 6.54 Å². The molecule has 1 aromatic rings. The first-order valence-electron chi connectivity index (χ1n) is 3.69. The zero-order valence-electron chi connectivity index (χ0n) is 6.95. The normalized spacial score (nSPS) is 9.69. The van der Waals surface area contributed by atoms with E-state index in [1.165, 1.54) is 12.3 Å². The van der Waals surface area contributed by atoms with Crippen molar-refractivity contribution in [2.75, 3.05) is 11.9 Å². The van der Waals surface area contributed by atoms with Gasteiger partial charge in [0.15, 0.2) is 0 Å². The van der Waals surface area contributed by atoms with E-state index in [-0.39, 0.29) is 16.5 Å². The number of halogens is 1. The highest BCUT2D eigenvalue weighted by Gasteiger charge is 2.18. The first-order valence-corrected chi connectivity index (χ1v) is 4.07. The molecule has 1 heterocycles.